The summed E-state index contributed by atoms with van der Waals surface area (Å²) < 4.78 is 14.2. The van der Waals surface area contributed by atoms with Gasteiger partial charge in [-0.15, -0.1) is 0 Å². The van der Waals surface area contributed by atoms with Crippen molar-refractivity contribution in [1.29, 1.82) is 0 Å². The number of aliphatic hydroxyl groups is 1. The Hall–Kier alpha value is -2.09. The maximum atomic E-state index is 14.2. The van der Waals surface area contributed by atoms with Gasteiger partial charge in [0.05, 0.1) is 5.60 Å². The molecule has 2 amide bonds. The fourth-order valence-electron chi connectivity index (χ4n) is 4.11. The Morgan fingerprint density at radius 1 is 1.10 bits per heavy atom. The minimum atomic E-state index is -0.786. The van der Waals surface area contributed by atoms with Crippen LogP contribution in [0.15, 0.2) is 29.2 Å². The van der Waals surface area contributed by atoms with Gasteiger partial charge in [0, 0.05) is 10.6 Å². The van der Waals surface area contributed by atoms with Crippen LogP contribution in [0.3, 0.4) is 0 Å². The Bertz CT molecular complexity index is 890. The van der Waals surface area contributed by atoms with Crippen molar-refractivity contribution in [1.82, 2.24) is 0 Å². The average Bonchev–Trinajstić information content (AvgIpc) is 3.35. The molecule has 29 heavy (non-hydrogen) atoms. The second-order valence-electron chi connectivity index (χ2n) is 8.00. The lowest BCUT2D eigenvalue weighted by molar-refractivity contribution is 0.0784. The number of anilines is 1. The van der Waals surface area contributed by atoms with E-state index in [0.717, 1.165) is 76.9 Å². The first kappa shape index (κ1) is 21.6. The van der Waals surface area contributed by atoms with Crippen molar-refractivity contribution in [2.24, 2.45) is 10.9 Å². The van der Waals surface area contributed by atoms with E-state index in [1.54, 1.807) is 13.8 Å². The average molecular weight is 418 g/mol. The highest BCUT2D eigenvalue weighted by Gasteiger charge is 2.29. The number of primary amides is 1. The lowest BCUT2D eigenvalue weighted by Gasteiger charge is -2.17. The van der Waals surface area contributed by atoms with Gasteiger partial charge in [-0.05, 0) is 104 Å². The molecule has 0 aromatic heterocycles. The SMILES string of the molecule is CC(C)(O)c1cccc(SN)c1.NC(=O)Nc1c2c(c(F)c3c1CCC3)CCC2. The van der Waals surface area contributed by atoms with Crippen LogP contribution in [-0.4, -0.2) is 11.1 Å². The molecular formula is C22H28FN3O2S. The molecule has 7 heteroatoms. The molecule has 0 atom stereocenters. The van der Waals surface area contributed by atoms with Crippen LogP contribution in [0.25, 0.3) is 0 Å². The van der Waals surface area contributed by atoms with Crippen molar-refractivity contribution in [3.05, 3.63) is 57.9 Å². The van der Waals surface area contributed by atoms with Crippen LogP contribution in [0.4, 0.5) is 14.9 Å². The van der Waals surface area contributed by atoms with Crippen LogP contribution >= 0.6 is 11.9 Å². The van der Waals surface area contributed by atoms with Gasteiger partial charge in [-0.2, -0.15) is 0 Å². The molecule has 2 aliphatic rings. The Morgan fingerprint density at radius 2 is 1.66 bits per heavy atom. The normalized spacial score (nSPS) is 14.7. The van der Waals surface area contributed by atoms with Crippen molar-refractivity contribution in [3.8, 4) is 0 Å². The quantitative estimate of drug-likeness (QED) is 0.563. The van der Waals surface area contributed by atoms with Crippen LogP contribution in [0, 0.1) is 5.82 Å². The topological polar surface area (TPSA) is 101 Å². The summed E-state index contributed by atoms with van der Waals surface area (Å²) in [7, 11) is 0. The first-order chi connectivity index (χ1) is 13.7. The highest BCUT2D eigenvalue weighted by atomic mass is 32.2. The minimum absolute atomic E-state index is 0.0278. The molecule has 0 heterocycles. The van der Waals surface area contributed by atoms with E-state index in [9.17, 15) is 14.3 Å². The zero-order chi connectivity index (χ0) is 21.2. The van der Waals surface area contributed by atoms with E-state index in [-0.39, 0.29) is 5.82 Å². The molecule has 0 fully saturated rings. The molecule has 0 bridgehead atoms. The Morgan fingerprint density at radius 3 is 2.14 bits per heavy atom. The fourth-order valence-corrected chi connectivity index (χ4v) is 4.46. The van der Waals surface area contributed by atoms with Gasteiger partial charge in [0.2, 0.25) is 0 Å². The standard InChI is InChI=1S/C13H15FN2O.C9H13NOS/c14-11-7-3-1-5-9(7)12(16-13(15)17)10-6-2-4-8(10)11;1-9(2,11)7-4-3-5-8(6-7)12-10/h1-6H2,(H3,15,16,17);3-6,11H,10H2,1-2H3. The van der Waals surface area contributed by atoms with E-state index in [1.807, 2.05) is 24.3 Å². The summed E-state index contributed by atoms with van der Waals surface area (Å²) in [6, 6.07) is 7.03. The molecule has 0 saturated carbocycles. The number of fused-ring (bicyclic) bond motifs is 2. The number of rotatable bonds is 3. The first-order valence-corrected chi connectivity index (χ1v) is 10.7. The molecule has 2 aliphatic carbocycles. The Balaban J connectivity index is 0.000000177. The maximum Gasteiger partial charge on any atom is 0.316 e. The first-order valence-electron chi connectivity index (χ1n) is 9.83. The van der Waals surface area contributed by atoms with Crippen molar-refractivity contribution in [2.75, 3.05) is 5.32 Å². The number of nitrogens with one attached hydrogen (secondary N) is 1. The van der Waals surface area contributed by atoms with Crippen molar-refractivity contribution in [3.63, 3.8) is 0 Å². The highest BCUT2D eigenvalue weighted by molar-refractivity contribution is 7.97. The molecule has 6 N–H and O–H groups in total. The number of halogens is 1. The smallest absolute Gasteiger partial charge is 0.316 e. The lowest BCUT2D eigenvalue weighted by Crippen LogP contribution is -2.21. The Kier molecular flexibility index (Phi) is 6.51. The molecule has 156 valence electrons. The number of urea groups is 1. The Labute approximate surface area is 175 Å². The molecule has 0 aliphatic heterocycles. The summed E-state index contributed by atoms with van der Waals surface area (Å²) in [4.78, 5) is 12.0. The zero-order valence-electron chi connectivity index (χ0n) is 16.8. The molecule has 0 saturated heterocycles. The van der Waals surface area contributed by atoms with E-state index in [2.05, 4.69) is 5.32 Å². The number of hydrogen-bond acceptors (Lipinski definition) is 4. The number of benzene rings is 2. The van der Waals surface area contributed by atoms with E-state index in [1.165, 1.54) is 11.9 Å². The van der Waals surface area contributed by atoms with Gasteiger partial charge in [-0.3, -0.25) is 5.14 Å². The van der Waals surface area contributed by atoms with E-state index in [0.29, 0.717) is 0 Å². The van der Waals surface area contributed by atoms with Gasteiger partial charge in [-0.25, -0.2) is 9.18 Å². The summed E-state index contributed by atoms with van der Waals surface area (Å²) in [5.74, 6) is -0.0278. The molecule has 2 aromatic rings. The van der Waals surface area contributed by atoms with E-state index in [4.69, 9.17) is 10.9 Å². The van der Waals surface area contributed by atoms with Gasteiger partial charge in [0.1, 0.15) is 5.82 Å². The fraction of sp³-hybridized carbons (Fsp3) is 0.409. The maximum absolute atomic E-state index is 14.2. The van der Waals surface area contributed by atoms with E-state index >= 15 is 0 Å². The van der Waals surface area contributed by atoms with Crippen LogP contribution in [-0.2, 0) is 31.3 Å². The number of carbonyl (C=O) groups excluding carboxylic acids is 1. The predicted octanol–water partition coefficient (Wildman–Crippen LogP) is 4.17. The lowest BCUT2D eigenvalue weighted by atomic mass is 9.98. The molecule has 0 radical (unpaired) electrons. The van der Waals surface area contributed by atoms with Crippen molar-refractivity contribution >= 4 is 23.7 Å². The van der Waals surface area contributed by atoms with E-state index < -0.39 is 11.6 Å². The van der Waals surface area contributed by atoms with Crippen molar-refractivity contribution < 1.29 is 14.3 Å². The van der Waals surface area contributed by atoms with Gasteiger partial charge < -0.3 is 16.2 Å². The second-order valence-corrected chi connectivity index (χ2v) is 8.71. The van der Waals surface area contributed by atoms with Gasteiger partial charge in [0.25, 0.3) is 0 Å². The van der Waals surface area contributed by atoms with Crippen LogP contribution in [0.2, 0.25) is 0 Å². The van der Waals surface area contributed by atoms with Crippen LogP contribution in [0.1, 0.15) is 54.5 Å². The number of carbonyl (C=O) groups is 1. The summed E-state index contributed by atoms with van der Waals surface area (Å²) in [5, 5.41) is 17.8. The molecule has 4 rings (SSSR count). The third-order valence-electron chi connectivity index (χ3n) is 5.49. The van der Waals surface area contributed by atoms with Crippen LogP contribution < -0.4 is 16.2 Å². The predicted molar refractivity (Wildman–Crippen MR) is 115 cm³/mol. The summed E-state index contributed by atoms with van der Waals surface area (Å²) in [6.07, 6.45) is 5.17. The molecule has 0 unspecified atom stereocenters. The highest BCUT2D eigenvalue weighted by Crippen LogP contribution is 2.40. The second kappa shape index (κ2) is 8.73. The zero-order valence-corrected chi connectivity index (χ0v) is 17.7. The number of amides is 2. The summed E-state index contributed by atoms with van der Waals surface area (Å²) >= 11 is 1.19. The minimum Gasteiger partial charge on any atom is -0.386 e. The molecule has 5 nitrogen and oxygen atoms in total. The largest absolute Gasteiger partial charge is 0.386 e. The number of hydrogen-bond donors (Lipinski definition) is 4. The number of nitrogens with two attached hydrogens (primary N) is 2. The third kappa shape index (κ3) is 4.74. The van der Waals surface area contributed by atoms with Gasteiger partial charge >= 0.3 is 6.03 Å². The van der Waals surface area contributed by atoms with Gasteiger partial charge in [0.15, 0.2) is 0 Å². The van der Waals surface area contributed by atoms with Crippen molar-refractivity contribution in [2.45, 2.75) is 62.9 Å². The third-order valence-corrected chi connectivity index (χ3v) is 6.02. The molecule has 0 spiro atoms. The monoisotopic (exact) mass is 417 g/mol. The molecule has 2 aromatic carbocycles. The summed E-state index contributed by atoms with van der Waals surface area (Å²) in [6.45, 7) is 3.51. The molecular weight excluding hydrogens is 389 g/mol. The van der Waals surface area contributed by atoms with Gasteiger partial charge in [-0.1, -0.05) is 12.1 Å². The summed E-state index contributed by atoms with van der Waals surface area (Å²) in [5.41, 5.74) is 9.66. The van der Waals surface area contributed by atoms with Crippen LogP contribution in [0.5, 0.6) is 0 Å².